The monoisotopic (exact) mass is 979 g/mol. The Balaban J connectivity index is 0.751. The number of benzene rings is 2. The Morgan fingerprint density at radius 3 is 1.06 bits per heavy atom. The number of ether oxygens (including phenoxy) is 2. The first-order valence-electron chi connectivity index (χ1n) is 25.9. The fourth-order valence-corrected chi connectivity index (χ4v) is 11.2. The van der Waals surface area contributed by atoms with Crippen molar-refractivity contribution in [1.82, 2.24) is 59.5 Å². The molecule has 4 N–H and O–H groups in total. The fourth-order valence-electron chi connectivity index (χ4n) is 11.2. The number of hydrogen-bond donors (Lipinski definition) is 4. The van der Waals surface area contributed by atoms with Gasteiger partial charge in [0, 0.05) is 13.1 Å². The summed E-state index contributed by atoms with van der Waals surface area (Å²) in [5.41, 5.74) is 6.54. The number of Topliss-reactive ketones (excluding diaryl/α,β-unsaturated/α-hetero) is 1. The number of amides is 2. The molecule has 4 aliphatic heterocycles. The van der Waals surface area contributed by atoms with Crippen LogP contribution in [-0.4, -0.2) is 127 Å². The van der Waals surface area contributed by atoms with E-state index in [0.717, 1.165) is 133 Å². The minimum Gasteiger partial charge on any atom is -0.444 e. The Bertz CT molecular complexity index is 2670. The first-order valence-corrected chi connectivity index (χ1v) is 25.9. The number of nitrogens with zero attached hydrogens (tertiary/aromatic N) is 8. The average molecular weight is 979 g/mol. The van der Waals surface area contributed by atoms with Crippen molar-refractivity contribution in [2.24, 2.45) is 0 Å². The van der Waals surface area contributed by atoms with Crippen LogP contribution < -0.4 is 0 Å². The summed E-state index contributed by atoms with van der Waals surface area (Å²) in [6.45, 7) is 18.4. The van der Waals surface area contributed by atoms with Crippen LogP contribution >= 0.6 is 0 Å². The molecule has 4 aromatic heterocycles. The van der Waals surface area contributed by atoms with Gasteiger partial charge in [-0.1, -0.05) is 48.5 Å². The summed E-state index contributed by atoms with van der Waals surface area (Å²) in [4.78, 5) is 81.8. The van der Waals surface area contributed by atoms with E-state index in [1.807, 2.05) is 66.3 Å². The molecule has 6 unspecified atom stereocenters. The Kier molecular flexibility index (Phi) is 13.5. The van der Waals surface area contributed by atoms with E-state index in [1.54, 1.807) is 9.80 Å². The molecule has 17 nitrogen and oxygen atoms in total. The number of imidazole rings is 4. The molecule has 4 aliphatic rings. The molecule has 380 valence electrons. The van der Waals surface area contributed by atoms with Crippen LogP contribution in [0.1, 0.15) is 154 Å². The van der Waals surface area contributed by atoms with Gasteiger partial charge in [-0.2, -0.15) is 0 Å². The van der Waals surface area contributed by atoms with E-state index in [4.69, 9.17) is 19.4 Å². The second kappa shape index (κ2) is 19.8. The van der Waals surface area contributed by atoms with Crippen LogP contribution in [-0.2, 0) is 14.3 Å². The average Bonchev–Trinajstić information content (AvgIpc) is 4.20. The molecule has 2 aromatic carbocycles. The smallest absolute Gasteiger partial charge is 0.410 e. The number of H-pyrrole nitrogens is 4. The quantitative estimate of drug-likeness (QED) is 0.0910. The van der Waals surface area contributed by atoms with E-state index >= 15 is 0 Å². The van der Waals surface area contributed by atoms with Crippen LogP contribution in [0.3, 0.4) is 0 Å². The first-order chi connectivity index (χ1) is 34.5. The zero-order valence-electron chi connectivity index (χ0n) is 43.0. The topological polar surface area (TPSA) is 197 Å². The van der Waals surface area contributed by atoms with E-state index in [9.17, 15) is 14.4 Å². The van der Waals surface area contributed by atoms with Crippen LogP contribution in [0.15, 0.2) is 73.3 Å². The lowest BCUT2D eigenvalue weighted by molar-refractivity contribution is -0.129. The van der Waals surface area contributed by atoms with E-state index in [0.29, 0.717) is 13.1 Å². The summed E-state index contributed by atoms with van der Waals surface area (Å²) in [6.07, 6.45) is 14.1. The summed E-state index contributed by atoms with van der Waals surface area (Å²) >= 11 is 0. The first kappa shape index (κ1) is 49.0. The highest BCUT2D eigenvalue weighted by Gasteiger charge is 2.41. The lowest BCUT2D eigenvalue weighted by atomic mass is 10.0. The Labute approximate surface area is 421 Å². The van der Waals surface area contributed by atoms with Crippen LogP contribution in [0.4, 0.5) is 9.59 Å². The molecule has 0 spiro atoms. The van der Waals surface area contributed by atoms with Crippen molar-refractivity contribution in [1.29, 1.82) is 0 Å². The number of hydrogen-bond acceptors (Lipinski definition) is 11. The number of nitrogens with one attached hydrogen (secondary N) is 4. The van der Waals surface area contributed by atoms with Crippen LogP contribution in [0.25, 0.3) is 45.0 Å². The standard InChI is InChI=1S/C55H70N12O5/c1-33(64-25-9-13-43(64)48-56-29-39(60-48)35-17-21-37(22-18-35)41-31-58-50(62-41)45-15-11-27-66(45)52(69)71-54(3,4)5)47(68)34(2)65-26-10-14-44(65)49-57-30-40(61-49)36-19-23-38(24-20-36)42-32-59-51(63-42)46-16-12-28-67(46)53(70)72-55(6,7)8/h17-24,29-34,43-46H,9-16,25-28H2,1-8H3,(H,56,60)(H,57,61)(H,58,62)(H,59,63). The van der Waals surface area contributed by atoms with Gasteiger partial charge in [0.15, 0.2) is 5.78 Å². The number of aromatic nitrogens is 8. The molecule has 72 heavy (non-hydrogen) atoms. The number of carbonyl (C=O) groups is 3. The molecule has 10 rings (SSSR count). The highest BCUT2D eigenvalue weighted by atomic mass is 16.6. The van der Waals surface area contributed by atoms with Gasteiger partial charge in [-0.3, -0.25) is 24.4 Å². The second-order valence-corrected chi connectivity index (χ2v) is 22.1. The van der Waals surface area contributed by atoms with Crippen molar-refractivity contribution in [3.63, 3.8) is 0 Å². The zero-order valence-corrected chi connectivity index (χ0v) is 43.0. The van der Waals surface area contributed by atoms with E-state index in [2.05, 4.69) is 102 Å². The molecule has 0 radical (unpaired) electrons. The van der Waals surface area contributed by atoms with Crippen molar-refractivity contribution in [2.45, 2.75) is 154 Å². The van der Waals surface area contributed by atoms with Crippen LogP contribution in [0.5, 0.6) is 0 Å². The van der Waals surface area contributed by atoms with Crippen molar-refractivity contribution in [3.8, 4) is 45.0 Å². The third kappa shape index (κ3) is 10.2. The Hall–Kier alpha value is -6.59. The largest absolute Gasteiger partial charge is 0.444 e. The van der Waals surface area contributed by atoms with Gasteiger partial charge in [-0.15, -0.1) is 0 Å². The molecule has 2 amide bonds. The lowest BCUT2D eigenvalue weighted by Gasteiger charge is -2.34. The van der Waals surface area contributed by atoms with Crippen LogP contribution in [0.2, 0.25) is 0 Å². The van der Waals surface area contributed by atoms with E-state index in [-0.39, 0.29) is 54.2 Å². The van der Waals surface area contributed by atoms with Gasteiger partial charge < -0.3 is 29.4 Å². The number of likely N-dealkylation sites (tertiary alicyclic amines) is 4. The summed E-state index contributed by atoms with van der Waals surface area (Å²) < 4.78 is 11.3. The minimum atomic E-state index is -0.559. The molecular weight excluding hydrogens is 909 g/mol. The minimum absolute atomic E-state index is 0.00829. The summed E-state index contributed by atoms with van der Waals surface area (Å²) in [7, 11) is 0. The number of ketones is 1. The van der Waals surface area contributed by atoms with Gasteiger partial charge in [-0.25, -0.2) is 29.5 Å². The third-order valence-electron chi connectivity index (χ3n) is 14.8. The number of carbonyl (C=O) groups excluding carboxylic acids is 3. The second-order valence-electron chi connectivity index (χ2n) is 22.1. The Morgan fingerprint density at radius 2 is 0.750 bits per heavy atom. The van der Waals surface area contributed by atoms with Crippen molar-refractivity contribution in [3.05, 3.63) is 96.6 Å². The summed E-state index contributed by atoms with van der Waals surface area (Å²) in [6, 6.07) is 15.8. The molecule has 8 heterocycles. The Morgan fingerprint density at radius 1 is 0.472 bits per heavy atom. The molecule has 4 fully saturated rings. The van der Waals surface area contributed by atoms with Gasteiger partial charge in [0.25, 0.3) is 0 Å². The molecule has 0 aliphatic carbocycles. The molecule has 6 atom stereocenters. The highest BCUT2D eigenvalue weighted by molar-refractivity contribution is 5.88. The molecule has 0 bridgehead atoms. The maximum Gasteiger partial charge on any atom is 0.410 e. The lowest BCUT2D eigenvalue weighted by Crippen LogP contribution is -2.48. The number of aromatic amines is 4. The SMILES string of the molecule is CC(C(=O)C(C)N1CCCC1c1ncc(-c2ccc(-c3cnc(C4CCCN4C(=O)OC(C)(C)C)[nH]3)cc2)[nH]1)N1CCCC1c1ncc(-c2ccc(-c3cnc(C4CCCN4C(=O)OC(C)(C)C)[nH]3)cc2)[nH]1. The van der Waals surface area contributed by atoms with Gasteiger partial charge in [-0.05, 0) is 142 Å². The fraction of sp³-hybridized carbons (Fsp3) is 0.509. The van der Waals surface area contributed by atoms with E-state index < -0.39 is 11.2 Å². The maximum atomic E-state index is 14.5. The van der Waals surface area contributed by atoms with Crippen molar-refractivity contribution < 1.29 is 23.9 Å². The number of rotatable bonds is 12. The van der Waals surface area contributed by atoms with Crippen molar-refractivity contribution in [2.75, 3.05) is 26.2 Å². The third-order valence-corrected chi connectivity index (χ3v) is 14.8. The molecule has 4 saturated heterocycles. The molecule has 17 heteroatoms. The molecule has 0 saturated carbocycles. The van der Waals surface area contributed by atoms with Gasteiger partial charge in [0.2, 0.25) is 0 Å². The van der Waals surface area contributed by atoms with Crippen LogP contribution in [0, 0.1) is 0 Å². The normalized spacial score (nSPS) is 21.9. The predicted octanol–water partition coefficient (Wildman–Crippen LogP) is 10.7. The predicted molar refractivity (Wildman–Crippen MR) is 274 cm³/mol. The van der Waals surface area contributed by atoms with Gasteiger partial charge >= 0.3 is 12.2 Å². The highest BCUT2D eigenvalue weighted by Crippen LogP contribution is 2.39. The van der Waals surface area contributed by atoms with Gasteiger partial charge in [0.1, 0.15) is 34.5 Å². The van der Waals surface area contributed by atoms with Gasteiger partial charge in [0.05, 0.1) is 83.8 Å². The summed E-state index contributed by atoms with van der Waals surface area (Å²) in [5, 5.41) is 0. The summed E-state index contributed by atoms with van der Waals surface area (Å²) in [5.74, 6) is 3.50. The molecular formula is C55H70N12O5. The zero-order chi connectivity index (χ0) is 50.5. The van der Waals surface area contributed by atoms with Crippen molar-refractivity contribution >= 4 is 18.0 Å². The van der Waals surface area contributed by atoms with E-state index in [1.165, 1.54) is 0 Å². The molecule has 6 aromatic rings. The maximum absolute atomic E-state index is 14.5.